The van der Waals surface area contributed by atoms with Gasteiger partial charge in [0.2, 0.25) is 17.7 Å². The largest absolute Gasteiger partial charge is 0.394 e. The fraction of sp³-hybridized carbons (Fsp3) is 0.923. The third kappa shape index (κ3) is 12.9. The van der Waals surface area contributed by atoms with Crippen LogP contribution in [0.3, 0.4) is 0 Å². The molecule has 5 aliphatic rings. The molecule has 28 nitrogen and oxygen atoms in total. The van der Waals surface area contributed by atoms with Crippen LogP contribution >= 0.6 is 0 Å². The van der Waals surface area contributed by atoms with Gasteiger partial charge >= 0.3 is 0 Å². The van der Waals surface area contributed by atoms with Gasteiger partial charge in [-0.3, -0.25) is 14.4 Å². The van der Waals surface area contributed by atoms with E-state index in [2.05, 4.69) is 16.0 Å². The number of hydrogen-bond donors (Lipinski definition) is 16. The highest BCUT2D eigenvalue weighted by molar-refractivity contribution is 5.74. The van der Waals surface area contributed by atoms with Crippen LogP contribution in [0.1, 0.15) is 34.1 Å². The summed E-state index contributed by atoms with van der Waals surface area (Å²) in [5, 5.41) is 146. The number of carbonyl (C=O) groups is 3. The molecule has 5 fully saturated rings. The molecule has 5 rings (SSSR count). The van der Waals surface area contributed by atoms with Crippen molar-refractivity contribution in [3.05, 3.63) is 0 Å². The molecule has 0 spiro atoms. The molecule has 28 heteroatoms. The highest BCUT2D eigenvalue weighted by Crippen LogP contribution is 2.35. The second-order valence-electron chi connectivity index (χ2n) is 17.2. The normalized spacial score (nSPS) is 46.1. The number of aliphatic hydroxyl groups is 13. The van der Waals surface area contributed by atoms with Crippen LogP contribution in [0.15, 0.2) is 0 Å². The minimum atomic E-state index is -2.04. The Bertz CT molecular complexity index is 1590. The van der Waals surface area contributed by atoms with Crippen molar-refractivity contribution >= 4 is 17.7 Å². The van der Waals surface area contributed by atoms with Crippen LogP contribution in [0, 0.1) is 5.92 Å². The molecule has 5 heterocycles. The Hall–Kier alpha value is -2.47. The number of aliphatic hydroxyl groups excluding tert-OH is 13. The van der Waals surface area contributed by atoms with Crippen LogP contribution in [-0.2, 0) is 57.0 Å². The lowest BCUT2D eigenvalue weighted by atomic mass is 9.88. The van der Waals surface area contributed by atoms with E-state index in [-0.39, 0.29) is 13.0 Å². The summed E-state index contributed by atoms with van der Waals surface area (Å²) in [6.45, 7) is 0.803. The van der Waals surface area contributed by atoms with Crippen molar-refractivity contribution in [2.45, 2.75) is 181 Å². The van der Waals surface area contributed by atoms with E-state index in [0.717, 1.165) is 13.8 Å². The molecule has 0 saturated carbocycles. The number of hydrogen-bond acceptors (Lipinski definition) is 25. The minimum absolute atomic E-state index is 0.220. The van der Waals surface area contributed by atoms with E-state index in [4.69, 9.17) is 42.6 Å². The first-order chi connectivity index (χ1) is 31.7. The molecule has 0 bridgehead atoms. The van der Waals surface area contributed by atoms with Crippen molar-refractivity contribution in [2.75, 3.05) is 39.6 Å². The molecule has 388 valence electrons. The van der Waals surface area contributed by atoms with Crippen molar-refractivity contribution < 1.29 is 123 Å². The van der Waals surface area contributed by atoms with Gasteiger partial charge in [0.25, 0.3) is 0 Å². The van der Waals surface area contributed by atoms with Gasteiger partial charge in [-0.25, -0.2) is 0 Å². The molecule has 0 aromatic heterocycles. The molecule has 0 aliphatic carbocycles. The van der Waals surface area contributed by atoms with Crippen LogP contribution in [0.2, 0.25) is 0 Å². The minimum Gasteiger partial charge on any atom is -0.394 e. The van der Waals surface area contributed by atoms with E-state index in [0.29, 0.717) is 0 Å². The number of nitrogens with one attached hydrogen (secondary N) is 3. The molecular weight excluding hydrogens is 910 g/mol. The zero-order valence-electron chi connectivity index (χ0n) is 37.1. The monoisotopic (exact) mass is 977 g/mol. The SMILES string of the molecule is CC(=O)NC1C(O)[C@H](O)[C@H](CO)O[C@H]1OCCC1[C@@H](OCC2O[C@@H](O[C@@H]3C(CO)O[C@@H](O[C@@H]4C(CO)O[C@@H](C)C(NC(C)=O)[C@H]4O)C(NC(C)=O)[C@H]3O)C(O)[C@@H](O)[C@@H]2O)OC(CO)[C@@H](O)[C@@H]1O. The molecule has 16 N–H and O–H groups in total. The topological polar surface area (TPSA) is 433 Å². The second kappa shape index (κ2) is 24.6. The van der Waals surface area contributed by atoms with Gasteiger partial charge in [0.1, 0.15) is 104 Å². The molecule has 0 radical (unpaired) electrons. The molecule has 3 amide bonds. The summed E-state index contributed by atoms with van der Waals surface area (Å²) < 4.78 is 52.4. The Kier molecular flexibility index (Phi) is 20.3. The highest BCUT2D eigenvalue weighted by Gasteiger charge is 2.55. The van der Waals surface area contributed by atoms with Crippen molar-refractivity contribution in [2.24, 2.45) is 5.92 Å². The first kappa shape index (κ1) is 55.5. The molecule has 0 aromatic rings. The molecule has 5 saturated heterocycles. The average Bonchev–Trinajstić information content (AvgIpc) is 3.28. The third-order valence-electron chi connectivity index (χ3n) is 12.4. The summed E-state index contributed by atoms with van der Waals surface area (Å²) in [6.07, 6.45) is -33.7. The summed E-state index contributed by atoms with van der Waals surface area (Å²) in [4.78, 5) is 36.2. The van der Waals surface area contributed by atoms with E-state index in [9.17, 15) is 80.8 Å². The Morgan fingerprint density at radius 1 is 0.448 bits per heavy atom. The van der Waals surface area contributed by atoms with Crippen LogP contribution in [0.25, 0.3) is 0 Å². The molecule has 10 unspecified atom stereocenters. The Morgan fingerprint density at radius 3 is 1.43 bits per heavy atom. The summed E-state index contributed by atoms with van der Waals surface area (Å²) >= 11 is 0. The first-order valence-electron chi connectivity index (χ1n) is 21.9. The number of amides is 3. The number of carbonyl (C=O) groups excluding carboxylic acids is 3. The molecule has 5 aliphatic heterocycles. The lowest BCUT2D eigenvalue weighted by molar-refractivity contribution is -0.362. The fourth-order valence-corrected chi connectivity index (χ4v) is 8.84. The van der Waals surface area contributed by atoms with Crippen LogP contribution in [-0.4, -0.2) is 271 Å². The van der Waals surface area contributed by atoms with Crippen LogP contribution < -0.4 is 16.0 Å². The third-order valence-corrected chi connectivity index (χ3v) is 12.4. The van der Waals surface area contributed by atoms with Gasteiger partial charge in [-0.05, 0) is 13.3 Å². The Labute approximate surface area is 383 Å². The fourth-order valence-electron chi connectivity index (χ4n) is 8.84. The molecular formula is C39H67N3O25. The molecule has 0 aromatic carbocycles. The first-order valence-corrected chi connectivity index (χ1v) is 21.9. The summed E-state index contributed by atoms with van der Waals surface area (Å²) in [5.41, 5.74) is 0. The van der Waals surface area contributed by atoms with Gasteiger partial charge in [-0.15, -0.1) is 0 Å². The van der Waals surface area contributed by atoms with Crippen molar-refractivity contribution in [1.29, 1.82) is 0 Å². The van der Waals surface area contributed by atoms with Crippen molar-refractivity contribution in [3.8, 4) is 0 Å². The smallest absolute Gasteiger partial charge is 0.217 e. The van der Waals surface area contributed by atoms with Crippen molar-refractivity contribution in [3.63, 3.8) is 0 Å². The van der Waals surface area contributed by atoms with Crippen LogP contribution in [0.5, 0.6) is 0 Å². The van der Waals surface area contributed by atoms with E-state index < -0.39 is 204 Å². The standard InChI is InChI=1S/C39H67N3O25/c1-12-22(40-13(2)47)30(55)34(19(9-45)61-12)66-38-24(42-15(4)49)31(56)35(20(10-46)64-38)67-39-33(58)32(57)28(53)21(65-39)11-60-36-16(25(50)26(51)17(7-43)62-36)5-6-59-37-23(41-14(3)48)29(54)27(52)18(8-44)63-37/h12,16-39,43-46,50-58H,5-11H2,1-4H3,(H,40,47)(H,41,48)(H,42,49)/t12-,16?,17?,18-,19?,20?,21?,22?,23?,24?,25+,26+,27+,28+,29?,30+,31+,32-,33?,34+,35+,36-,37+,38-,39-/m0/s1. The van der Waals surface area contributed by atoms with E-state index in [1.165, 1.54) is 6.92 Å². The average molecular weight is 978 g/mol. The Balaban J connectivity index is 1.29. The van der Waals surface area contributed by atoms with E-state index in [1.54, 1.807) is 6.92 Å². The maximum absolute atomic E-state index is 12.4. The zero-order chi connectivity index (χ0) is 49.6. The van der Waals surface area contributed by atoms with Gasteiger partial charge in [-0.2, -0.15) is 0 Å². The second-order valence-corrected chi connectivity index (χ2v) is 17.2. The maximum Gasteiger partial charge on any atom is 0.217 e. The maximum atomic E-state index is 12.4. The van der Waals surface area contributed by atoms with Gasteiger partial charge in [0.15, 0.2) is 25.2 Å². The number of rotatable bonds is 18. The summed E-state index contributed by atoms with van der Waals surface area (Å²) in [5.74, 6) is -3.05. The summed E-state index contributed by atoms with van der Waals surface area (Å²) in [6, 6.07) is -3.91. The lowest BCUT2D eigenvalue weighted by Crippen LogP contribution is -2.70. The zero-order valence-corrected chi connectivity index (χ0v) is 37.1. The summed E-state index contributed by atoms with van der Waals surface area (Å²) in [7, 11) is 0. The van der Waals surface area contributed by atoms with Gasteiger partial charge in [0.05, 0.1) is 57.9 Å². The number of ether oxygens (including phenoxy) is 9. The van der Waals surface area contributed by atoms with E-state index in [1.807, 2.05) is 0 Å². The molecule has 25 atom stereocenters. The lowest BCUT2D eigenvalue weighted by Gasteiger charge is -2.49. The van der Waals surface area contributed by atoms with Crippen LogP contribution in [0.4, 0.5) is 0 Å². The predicted molar refractivity (Wildman–Crippen MR) is 214 cm³/mol. The van der Waals surface area contributed by atoms with E-state index >= 15 is 0 Å². The van der Waals surface area contributed by atoms with Gasteiger partial charge in [0, 0.05) is 26.7 Å². The van der Waals surface area contributed by atoms with Gasteiger partial charge in [-0.1, -0.05) is 0 Å². The van der Waals surface area contributed by atoms with Crippen molar-refractivity contribution in [1.82, 2.24) is 16.0 Å². The Morgan fingerprint density at radius 2 is 0.881 bits per heavy atom. The molecule has 67 heavy (non-hydrogen) atoms. The van der Waals surface area contributed by atoms with Gasteiger partial charge < -0.3 is 125 Å². The predicted octanol–water partition coefficient (Wildman–Crippen LogP) is -9.79. The highest BCUT2D eigenvalue weighted by atomic mass is 16.8. The quantitative estimate of drug-likeness (QED) is 0.0606.